The van der Waals surface area contributed by atoms with E-state index in [0.717, 1.165) is 19.6 Å². The Bertz CT molecular complexity index is 118. The number of ether oxygens (including phenoxy) is 1. The van der Waals surface area contributed by atoms with Crippen LogP contribution in [0.4, 0.5) is 0 Å². The monoisotopic (exact) mass is 127 g/mol. The number of aliphatic imine (C=N–C) groups is 1. The number of rotatable bonds is 0. The third kappa shape index (κ3) is 2.14. The molecule has 52 valence electrons. The molecule has 0 N–H and O–H groups in total. The lowest BCUT2D eigenvalue weighted by atomic mass is 10.2. The molecule has 0 fully saturated rings. The van der Waals surface area contributed by atoms with E-state index in [1.165, 1.54) is 0 Å². The molecule has 0 aliphatic carbocycles. The van der Waals surface area contributed by atoms with Crippen LogP contribution in [0.2, 0.25) is 0 Å². The fraction of sp³-hybridized carbons (Fsp3) is 0.857. The quantitative estimate of drug-likeness (QED) is 0.480. The number of hydrogen-bond donors (Lipinski definition) is 0. The van der Waals surface area contributed by atoms with Crippen LogP contribution in [0.1, 0.15) is 20.3 Å². The van der Waals surface area contributed by atoms with Crippen LogP contribution in [0.15, 0.2) is 4.99 Å². The average Bonchev–Trinajstić information content (AvgIpc) is 1.92. The summed E-state index contributed by atoms with van der Waals surface area (Å²) in [6.45, 7) is 5.82. The molecule has 0 radical (unpaired) electrons. The van der Waals surface area contributed by atoms with Crippen LogP contribution in [0.5, 0.6) is 0 Å². The molecule has 0 amide bonds. The minimum Gasteiger partial charge on any atom is -0.370 e. The molecule has 0 saturated heterocycles. The van der Waals surface area contributed by atoms with Gasteiger partial charge in [0, 0.05) is 19.4 Å². The molecule has 0 bridgehead atoms. The first-order valence-corrected chi connectivity index (χ1v) is 3.36. The van der Waals surface area contributed by atoms with Gasteiger partial charge >= 0.3 is 0 Å². The molecule has 0 spiro atoms. The molecule has 0 aromatic carbocycles. The van der Waals surface area contributed by atoms with E-state index >= 15 is 0 Å². The fourth-order valence-electron chi connectivity index (χ4n) is 0.813. The molecule has 0 aromatic heterocycles. The Labute approximate surface area is 55.9 Å². The number of hydrogen-bond acceptors (Lipinski definition) is 2. The van der Waals surface area contributed by atoms with Gasteiger partial charge in [0.1, 0.15) is 0 Å². The third-order valence-corrected chi connectivity index (χ3v) is 1.31. The molecule has 2 heteroatoms. The van der Waals surface area contributed by atoms with Crippen LogP contribution in [0.25, 0.3) is 0 Å². The van der Waals surface area contributed by atoms with Crippen molar-refractivity contribution in [1.82, 2.24) is 0 Å². The highest BCUT2D eigenvalue weighted by molar-refractivity contribution is 5.67. The Morgan fingerprint density at radius 3 is 3.11 bits per heavy atom. The molecule has 0 aromatic rings. The molecule has 0 unspecified atom stereocenters. The van der Waals surface area contributed by atoms with Gasteiger partial charge in [-0.15, -0.1) is 0 Å². The van der Waals surface area contributed by atoms with E-state index < -0.39 is 0 Å². The third-order valence-electron chi connectivity index (χ3n) is 1.31. The molecule has 9 heavy (non-hydrogen) atoms. The fourth-order valence-corrected chi connectivity index (χ4v) is 0.813. The zero-order chi connectivity index (χ0) is 6.74. The molecule has 0 atom stereocenters. The maximum Gasteiger partial charge on any atom is 0.0971 e. The van der Waals surface area contributed by atoms with Crippen LogP contribution in [-0.4, -0.2) is 25.0 Å². The zero-order valence-electron chi connectivity index (χ0n) is 6.05. The van der Waals surface area contributed by atoms with Crippen molar-refractivity contribution in [2.45, 2.75) is 25.9 Å². The lowest BCUT2D eigenvalue weighted by Crippen LogP contribution is -2.25. The predicted molar refractivity (Wildman–Crippen MR) is 38.0 cm³/mol. The first kappa shape index (κ1) is 6.75. The van der Waals surface area contributed by atoms with E-state index in [4.69, 9.17) is 4.74 Å². The minimum atomic E-state index is -0.128. The van der Waals surface area contributed by atoms with Gasteiger partial charge in [-0.1, -0.05) is 0 Å². The van der Waals surface area contributed by atoms with Crippen molar-refractivity contribution in [2.75, 3.05) is 13.2 Å². The molecule has 1 aliphatic rings. The lowest BCUT2D eigenvalue weighted by Gasteiger charge is -2.17. The Morgan fingerprint density at radius 2 is 2.33 bits per heavy atom. The SMILES string of the molecule is CC1(C)C=NCCCO1. The Hall–Kier alpha value is -0.370. The van der Waals surface area contributed by atoms with Crippen molar-refractivity contribution >= 4 is 6.21 Å². The van der Waals surface area contributed by atoms with Crippen LogP contribution < -0.4 is 0 Å². The van der Waals surface area contributed by atoms with Gasteiger partial charge in [0.2, 0.25) is 0 Å². The molecular weight excluding hydrogens is 114 g/mol. The molecule has 1 heterocycles. The average molecular weight is 127 g/mol. The van der Waals surface area contributed by atoms with E-state index in [0.29, 0.717) is 0 Å². The van der Waals surface area contributed by atoms with Gasteiger partial charge in [-0.3, -0.25) is 4.99 Å². The van der Waals surface area contributed by atoms with Gasteiger partial charge in [-0.25, -0.2) is 0 Å². The lowest BCUT2D eigenvalue weighted by molar-refractivity contribution is 0.0419. The Balaban J connectivity index is 2.52. The summed E-state index contributed by atoms with van der Waals surface area (Å²) in [7, 11) is 0. The van der Waals surface area contributed by atoms with Crippen molar-refractivity contribution in [3.05, 3.63) is 0 Å². The van der Waals surface area contributed by atoms with Gasteiger partial charge in [-0.2, -0.15) is 0 Å². The maximum atomic E-state index is 5.44. The minimum absolute atomic E-state index is 0.128. The highest BCUT2D eigenvalue weighted by atomic mass is 16.5. The van der Waals surface area contributed by atoms with Crippen LogP contribution in [-0.2, 0) is 4.74 Å². The summed E-state index contributed by atoms with van der Waals surface area (Å²) >= 11 is 0. The van der Waals surface area contributed by atoms with Crippen molar-refractivity contribution < 1.29 is 4.74 Å². The summed E-state index contributed by atoms with van der Waals surface area (Å²) < 4.78 is 5.44. The summed E-state index contributed by atoms with van der Waals surface area (Å²) in [5, 5.41) is 0. The topological polar surface area (TPSA) is 21.6 Å². The highest BCUT2D eigenvalue weighted by Gasteiger charge is 2.15. The van der Waals surface area contributed by atoms with E-state index in [2.05, 4.69) is 4.99 Å². The van der Waals surface area contributed by atoms with Gasteiger partial charge in [0.05, 0.1) is 5.60 Å². The predicted octanol–water partition coefficient (Wildman–Crippen LogP) is 1.26. The van der Waals surface area contributed by atoms with E-state index in [1.54, 1.807) is 0 Å². The van der Waals surface area contributed by atoms with E-state index in [9.17, 15) is 0 Å². The van der Waals surface area contributed by atoms with Crippen LogP contribution in [0, 0.1) is 0 Å². The van der Waals surface area contributed by atoms with Gasteiger partial charge in [0.25, 0.3) is 0 Å². The zero-order valence-corrected chi connectivity index (χ0v) is 6.05. The summed E-state index contributed by atoms with van der Waals surface area (Å²) in [4.78, 5) is 4.17. The normalized spacial score (nSPS) is 25.6. The van der Waals surface area contributed by atoms with Gasteiger partial charge in [0.15, 0.2) is 0 Å². The van der Waals surface area contributed by atoms with Crippen LogP contribution >= 0.6 is 0 Å². The van der Waals surface area contributed by atoms with Crippen LogP contribution in [0.3, 0.4) is 0 Å². The second-order valence-corrected chi connectivity index (χ2v) is 2.84. The number of nitrogens with zero attached hydrogens (tertiary/aromatic N) is 1. The smallest absolute Gasteiger partial charge is 0.0971 e. The van der Waals surface area contributed by atoms with E-state index in [1.807, 2.05) is 20.1 Å². The van der Waals surface area contributed by atoms with Crippen molar-refractivity contribution in [2.24, 2.45) is 4.99 Å². The maximum absolute atomic E-state index is 5.44. The second kappa shape index (κ2) is 2.48. The second-order valence-electron chi connectivity index (χ2n) is 2.84. The summed E-state index contributed by atoms with van der Waals surface area (Å²) in [5.41, 5.74) is -0.128. The summed E-state index contributed by atoms with van der Waals surface area (Å²) in [6.07, 6.45) is 2.94. The first-order valence-electron chi connectivity index (χ1n) is 3.36. The Kier molecular flexibility index (Phi) is 1.86. The largest absolute Gasteiger partial charge is 0.370 e. The molecule has 0 saturated carbocycles. The first-order chi connectivity index (χ1) is 4.21. The van der Waals surface area contributed by atoms with E-state index in [-0.39, 0.29) is 5.60 Å². The molecule has 1 aliphatic heterocycles. The molecular formula is C7H13NO. The van der Waals surface area contributed by atoms with Crippen molar-refractivity contribution in [1.29, 1.82) is 0 Å². The van der Waals surface area contributed by atoms with Crippen molar-refractivity contribution in [3.63, 3.8) is 0 Å². The molecule has 2 nitrogen and oxygen atoms in total. The molecule has 1 rings (SSSR count). The van der Waals surface area contributed by atoms with Gasteiger partial charge in [-0.05, 0) is 20.3 Å². The summed E-state index contributed by atoms with van der Waals surface area (Å²) in [6, 6.07) is 0. The van der Waals surface area contributed by atoms with Crippen molar-refractivity contribution in [3.8, 4) is 0 Å². The summed E-state index contributed by atoms with van der Waals surface area (Å²) in [5.74, 6) is 0. The highest BCUT2D eigenvalue weighted by Crippen LogP contribution is 2.08. The Morgan fingerprint density at radius 1 is 1.56 bits per heavy atom. The van der Waals surface area contributed by atoms with Gasteiger partial charge < -0.3 is 4.74 Å². The standard InChI is InChI=1S/C7H13NO/c1-7(2)6-8-4-3-5-9-7/h6H,3-5H2,1-2H3.